The van der Waals surface area contributed by atoms with E-state index in [-0.39, 0.29) is 11.3 Å². The fourth-order valence-electron chi connectivity index (χ4n) is 0.758. The Morgan fingerprint density at radius 3 is 2.33 bits per heavy atom. The highest BCUT2D eigenvalue weighted by Gasteiger charge is 2.19. The van der Waals surface area contributed by atoms with Gasteiger partial charge in [-0.2, -0.15) is 4.68 Å². The Bertz CT molecular complexity index is 295. The summed E-state index contributed by atoms with van der Waals surface area (Å²) < 4.78 is 1.25. The monoisotopic (exact) mass is 167 g/mol. The highest BCUT2D eigenvalue weighted by molar-refractivity contribution is 5.74. The number of carbonyl (C=O) groups excluding carboxylic acids is 1. The molecule has 0 N–H and O–H groups in total. The lowest BCUT2D eigenvalue weighted by Crippen LogP contribution is -2.15. The Morgan fingerprint density at radius 1 is 1.50 bits per heavy atom. The van der Waals surface area contributed by atoms with Crippen molar-refractivity contribution in [1.29, 1.82) is 0 Å². The first-order valence-corrected chi connectivity index (χ1v) is 3.84. The molecule has 1 aromatic rings. The van der Waals surface area contributed by atoms with Crippen LogP contribution in [0.25, 0.3) is 0 Å². The molecule has 0 saturated heterocycles. The van der Waals surface area contributed by atoms with Gasteiger partial charge in [0.05, 0.1) is 0 Å². The molecular weight excluding hydrogens is 154 g/mol. The second-order valence-electron chi connectivity index (χ2n) is 3.78. The first kappa shape index (κ1) is 8.90. The first-order valence-electron chi connectivity index (χ1n) is 3.84. The number of carbonyl (C=O) groups is 1. The molecule has 66 valence electrons. The van der Waals surface area contributed by atoms with Gasteiger partial charge in [0.2, 0.25) is 5.91 Å². The summed E-state index contributed by atoms with van der Waals surface area (Å²) in [6.45, 7) is 7.48. The van der Waals surface area contributed by atoms with Crippen molar-refractivity contribution in [3.63, 3.8) is 0 Å². The third kappa shape index (κ3) is 1.69. The number of nitrogens with zero attached hydrogens (tertiary/aromatic N) is 3. The highest BCUT2D eigenvalue weighted by Crippen LogP contribution is 2.16. The minimum Gasteiger partial charge on any atom is -0.273 e. The van der Waals surface area contributed by atoms with Crippen molar-refractivity contribution in [2.45, 2.75) is 33.1 Å². The summed E-state index contributed by atoms with van der Waals surface area (Å²) in [6.07, 6.45) is 1.45. The lowest BCUT2D eigenvalue weighted by atomic mass is 9.96. The number of hydrogen-bond donors (Lipinski definition) is 0. The minimum absolute atomic E-state index is 0.0965. The molecule has 0 aliphatic carbocycles. The van der Waals surface area contributed by atoms with Crippen molar-refractivity contribution >= 4 is 5.91 Å². The third-order valence-corrected chi connectivity index (χ3v) is 1.49. The largest absolute Gasteiger partial charge is 0.273 e. The van der Waals surface area contributed by atoms with Gasteiger partial charge in [0.1, 0.15) is 6.33 Å². The van der Waals surface area contributed by atoms with E-state index < -0.39 is 0 Å². The smallest absolute Gasteiger partial charge is 0.245 e. The molecule has 1 heterocycles. The molecule has 0 amide bonds. The van der Waals surface area contributed by atoms with Crippen molar-refractivity contribution < 1.29 is 4.79 Å². The number of hydrogen-bond acceptors (Lipinski definition) is 3. The molecule has 0 saturated carbocycles. The molecule has 4 nitrogen and oxygen atoms in total. The molecule has 0 unspecified atom stereocenters. The van der Waals surface area contributed by atoms with Gasteiger partial charge in [-0.25, -0.2) is 4.98 Å². The second kappa shape index (κ2) is 2.69. The van der Waals surface area contributed by atoms with Crippen molar-refractivity contribution in [3.8, 4) is 0 Å². The Morgan fingerprint density at radius 2 is 2.08 bits per heavy atom. The van der Waals surface area contributed by atoms with Crippen LogP contribution in [0.2, 0.25) is 0 Å². The average molecular weight is 167 g/mol. The maximum Gasteiger partial charge on any atom is 0.245 e. The van der Waals surface area contributed by atoms with E-state index in [1.54, 1.807) is 0 Å². The maximum atomic E-state index is 10.8. The first-order chi connectivity index (χ1) is 5.41. The molecule has 0 aliphatic rings. The SMILES string of the molecule is CC(=O)n1cnc(C(C)(C)C)n1. The van der Waals surface area contributed by atoms with E-state index in [4.69, 9.17) is 0 Å². The number of aromatic nitrogens is 3. The molecule has 0 radical (unpaired) electrons. The lowest BCUT2D eigenvalue weighted by molar-refractivity contribution is 0.0920. The quantitative estimate of drug-likeness (QED) is 0.584. The molecule has 12 heavy (non-hydrogen) atoms. The van der Waals surface area contributed by atoms with E-state index in [1.165, 1.54) is 17.9 Å². The van der Waals surface area contributed by atoms with Crippen LogP contribution in [0, 0.1) is 0 Å². The Labute approximate surface area is 71.6 Å². The molecule has 0 aliphatic heterocycles. The summed E-state index contributed by atoms with van der Waals surface area (Å²) in [5.41, 5.74) is -0.0965. The summed E-state index contributed by atoms with van der Waals surface area (Å²) >= 11 is 0. The number of rotatable bonds is 0. The van der Waals surface area contributed by atoms with Crippen molar-refractivity contribution in [2.75, 3.05) is 0 Å². The van der Waals surface area contributed by atoms with Gasteiger partial charge in [-0.05, 0) is 0 Å². The standard InChI is InChI=1S/C8H13N3O/c1-6(12)11-5-9-7(10-11)8(2,3)4/h5H,1-4H3. The van der Waals surface area contributed by atoms with Crippen LogP contribution in [0.15, 0.2) is 6.33 Å². The Balaban J connectivity index is 3.00. The van der Waals surface area contributed by atoms with Crippen LogP contribution in [0.3, 0.4) is 0 Å². The molecule has 1 rings (SSSR count). The lowest BCUT2D eigenvalue weighted by Gasteiger charge is -2.11. The van der Waals surface area contributed by atoms with Gasteiger partial charge < -0.3 is 0 Å². The maximum absolute atomic E-state index is 10.8. The van der Waals surface area contributed by atoms with Crippen LogP contribution in [-0.4, -0.2) is 20.7 Å². The zero-order chi connectivity index (χ0) is 9.35. The summed E-state index contributed by atoms with van der Waals surface area (Å²) in [4.78, 5) is 14.9. The van der Waals surface area contributed by atoms with Gasteiger partial charge in [0.25, 0.3) is 0 Å². The zero-order valence-electron chi connectivity index (χ0n) is 7.83. The topological polar surface area (TPSA) is 47.8 Å². The highest BCUT2D eigenvalue weighted by atomic mass is 16.2. The van der Waals surface area contributed by atoms with Crippen molar-refractivity contribution in [2.24, 2.45) is 0 Å². The second-order valence-corrected chi connectivity index (χ2v) is 3.78. The van der Waals surface area contributed by atoms with Gasteiger partial charge in [0.15, 0.2) is 5.82 Å². The predicted molar refractivity (Wildman–Crippen MR) is 45.0 cm³/mol. The van der Waals surface area contributed by atoms with E-state index >= 15 is 0 Å². The van der Waals surface area contributed by atoms with E-state index in [0.29, 0.717) is 5.82 Å². The summed E-state index contributed by atoms with van der Waals surface area (Å²) in [7, 11) is 0. The Hall–Kier alpha value is -1.19. The fourth-order valence-corrected chi connectivity index (χ4v) is 0.758. The molecule has 0 fully saturated rings. The summed E-state index contributed by atoms with van der Waals surface area (Å²) in [6, 6.07) is 0. The third-order valence-electron chi connectivity index (χ3n) is 1.49. The van der Waals surface area contributed by atoms with Crippen LogP contribution < -0.4 is 0 Å². The molecule has 4 heteroatoms. The normalized spacial score (nSPS) is 11.7. The van der Waals surface area contributed by atoms with Crippen LogP contribution in [0.4, 0.5) is 0 Å². The van der Waals surface area contributed by atoms with Gasteiger partial charge in [-0.3, -0.25) is 4.79 Å². The van der Waals surface area contributed by atoms with Crippen molar-refractivity contribution in [3.05, 3.63) is 12.2 Å². The van der Waals surface area contributed by atoms with Crippen LogP contribution in [0.1, 0.15) is 38.3 Å². The minimum atomic E-state index is -0.113. The predicted octanol–water partition coefficient (Wildman–Crippen LogP) is 1.24. The Kier molecular flexibility index (Phi) is 2.00. The molecule has 0 atom stereocenters. The van der Waals surface area contributed by atoms with Gasteiger partial charge >= 0.3 is 0 Å². The molecule has 0 bridgehead atoms. The van der Waals surface area contributed by atoms with Crippen LogP contribution >= 0.6 is 0 Å². The fraction of sp³-hybridized carbons (Fsp3) is 0.625. The van der Waals surface area contributed by atoms with Gasteiger partial charge in [-0.1, -0.05) is 20.8 Å². The summed E-state index contributed by atoms with van der Waals surface area (Å²) in [5, 5.41) is 4.04. The summed E-state index contributed by atoms with van der Waals surface area (Å²) in [5.74, 6) is 0.579. The van der Waals surface area contributed by atoms with Gasteiger partial charge in [-0.15, -0.1) is 5.10 Å². The average Bonchev–Trinajstić information content (AvgIpc) is 2.30. The van der Waals surface area contributed by atoms with E-state index in [2.05, 4.69) is 10.1 Å². The molecule has 0 spiro atoms. The zero-order valence-corrected chi connectivity index (χ0v) is 7.83. The van der Waals surface area contributed by atoms with E-state index in [1.807, 2.05) is 20.8 Å². The molecule has 0 aromatic carbocycles. The molecular formula is C8H13N3O. The van der Waals surface area contributed by atoms with Crippen LogP contribution in [-0.2, 0) is 5.41 Å². The van der Waals surface area contributed by atoms with Gasteiger partial charge in [0, 0.05) is 12.3 Å². The van der Waals surface area contributed by atoms with Crippen molar-refractivity contribution in [1.82, 2.24) is 14.8 Å². The van der Waals surface area contributed by atoms with E-state index in [0.717, 1.165) is 0 Å². The van der Waals surface area contributed by atoms with Crippen LogP contribution in [0.5, 0.6) is 0 Å². The molecule has 1 aromatic heterocycles. The van der Waals surface area contributed by atoms with E-state index in [9.17, 15) is 4.79 Å².